The second-order valence-electron chi connectivity index (χ2n) is 5.68. The van der Waals surface area contributed by atoms with Gasteiger partial charge < -0.3 is 10.2 Å². The molecule has 0 radical (unpaired) electrons. The van der Waals surface area contributed by atoms with Crippen LogP contribution in [0.5, 0.6) is 0 Å². The number of benzene rings is 1. The van der Waals surface area contributed by atoms with E-state index in [1.807, 2.05) is 23.2 Å². The Kier molecular flexibility index (Phi) is 4.68. The first-order valence-corrected chi connectivity index (χ1v) is 7.81. The summed E-state index contributed by atoms with van der Waals surface area (Å²) >= 11 is 0. The van der Waals surface area contributed by atoms with Gasteiger partial charge in [-0.05, 0) is 42.0 Å². The van der Waals surface area contributed by atoms with Crippen molar-refractivity contribution >= 4 is 6.03 Å². The third kappa shape index (κ3) is 3.64. The number of aromatic nitrogens is 1. The van der Waals surface area contributed by atoms with Crippen molar-refractivity contribution in [1.82, 2.24) is 15.2 Å². The number of fused-ring (bicyclic) bond motifs is 1. The summed E-state index contributed by atoms with van der Waals surface area (Å²) in [7, 11) is 0. The fourth-order valence-corrected chi connectivity index (χ4v) is 2.77. The van der Waals surface area contributed by atoms with Gasteiger partial charge in [0, 0.05) is 32.0 Å². The Morgan fingerprint density at radius 1 is 1.09 bits per heavy atom. The van der Waals surface area contributed by atoms with Crippen molar-refractivity contribution in [2.24, 2.45) is 0 Å². The minimum Gasteiger partial charge on any atom is -0.338 e. The van der Waals surface area contributed by atoms with Crippen LogP contribution >= 0.6 is 0 Å². The van der Waals surface area contributed by atoms with E-state index in [0.717, 1.165) is 31.4 Å². The molecule has 2 aromatic rings. The van der Waals surface area contributed by atoms with Gasteiger partial charge in [0.25, 0.3) is 0 Å². The Hall–Kier alpha value is -2.36. The lowest BCUT2D eigenvalue weighted by atomic mass is 10.1. The summed E-state index contributed by atoms with van der Waals surface area (Å²) in [6.07, 6.45) is 6.79. The molecule has 0 saturated heterocycles. The Balaban J connectivity index is 1.35. The summed E-state index contributed by atoms with van der Waals surface area (Å²) in [6.45, 7) is 2.09. The molecule has 114 valence electrons. The number of hydrogen-bond acceptors (Lipinski definition) is 2. The van der Waals surface area contributed by atoms with Crippen LogP contribution in [0.25, 0.3) is 0 Å². The highest BCUT2D eigenvalue weighted by Crippen LogP contribution is 2.20. The number of pyridine rings is 1. The van der Waals surface area contributed by atoms with Crippen molar-refractivity contribution < 1.29 is 4.79 Å². The SMILES string of the molecule is O=C(NCCCCc1ccccc1)N1Cc2ccncc2C1. The lowest BCUT2D eigenvalue weighted by Gasteiger charge is -2.16. The van der Waals surface area contributed by atoms with Crippen LogP contribution in [-0.2, 0) is 19.5 Å². The third-order valence-electron chi connectivity index (χ3n) is 4.03. The number of hydrogen-bond donors (Lipinski definition) is 1. The van der Waals surface area contributed by atoms with Crippen molar-refractivity contribution in [3.63, 3.8) is 0 Å². The van der Waals surface area contributed by atoms with Gasteiger partial charge in [-0.15, -0.1) is 0 Å². The van der Waals surface area contributed by atoms with Gasteiger partial charge in [-0.3, -0.25) is 4.98 Å². The zero-order valence-corrected chi connectivity index (χ0v) is 12.7. The second kappa shape index (κ2) is 7.07. The number of nitrogens with one attached hydrogen (secondary N) is 1. The largest absolute Gasteiger partial charge is 0.338 e. The van der Waals surface area contributed by atoms with Crippen molar-refractivity contribution in [1.29, 1.82) is 0 Å². The van der Waals surface area contributed by atoms with E-state index < -0.39 is 0 Å². The van der Waals surface area contributed by atoms with E-state index in [2.05, 4.69) is 34.6 Å². The molecule has 4 nitrogen and oxygen atoms in total. The highest BCUT2D eigenvalue weighted by Gasteiger charge is 2.22. The standard InChI is InChI=1S/C18H21N3O/c22-18(21-13-16-9-11-19-12-17(16)14-21)20-10-5-4-8-15-6-2-1-3-7-15/h1-3,6-7,9,11-12H,4-5,8,10,13-14H2,(H,20,22). The molecular weight excluding hydrogens is 274 g/mol. The molecule has 1 aliphatic rings. The first-order valence-electron chi connectivity index (χ1n) is 7.81. The van der Waals surface area contributed by atoms with E-state index in [-0.39, 0.29) is 6.03 Å². The molecule has 0 bridgehead atoms. The first-order chi connectivity index (χ1) is 10.8. The van der Waals surface area contributed by atoms with Crippen LogP contribution in [0.2, 0.25) is 0 Å². The van der Waals surface area contributed by atoms with Gasteiger partial charge in [-0.2, -0.15) is 0 Å². The van der Waals surface area contributed by atoms with E-state index in [1.54, 1.807) is 6.20 Å². The van der Waals surface area contributed by atoms with E-state index >= 15 is 0 Å². The molecule has 2 heterocycles. The highest BCUT2D eigenvalue weighted by molar-refractivity contribution is 5.74. The summed E-state index contributed by atoms with van der Waals surface area (Å²) in [5.74, 6) is 0. The summed E-state index contributed by atoms with van der Waals surface area (Å²) in [5.41, 5.74) is 3.72. The van der Waals surface area contributed by atoms with E-state index in [4.69, 9.17) is 0 Å². The number of aryl methyl sites for hydroxylation is 1. The van der Waals surface area contributed by atoms with Crippen LogP contribution < -0.4 is 5.32 Å². The molecule has 2 amide bonds. The minimum absolute atomic E-state index is 0.0240. The number of urea groups is 1. The fourth-order valence-electron chi connectivity index (χ4n) is 2.77. The molecule has 22 heavy (non-hydrogen) atoms. The molecule has 0 fully saturated rings. The van der Waals surface area contributed by atoms with Gasteiger partial charge in [0.15, 0.2) is 0 Å². The van der Waals surface area contributed by atoms with Crippen LogP contribution in [0.4, 0.5) is 4.79 Å². The van der Waals surface area contributed by atoms with Gasteiger partial charge in [-0.1, -0.05) is 30.3 Å². The zero-order chi connectivity index (χ0) is 15.2. The normalized spacial score (nSPS) is 13.0. The highest BCUT2D eigenvalue weighted by atomic mass is 16.2. The summed E-state index contributed by atoms with van der Waals surface area (Å²) in [6, 6.07) is 12.5. The predicted molar refractivity (Wildman–Crippen MR) is 86.3 cm³/mol. The number of carbonyl (C=O) groups excluding carboxylic acids is 1. The number of nitrogens with zero attached hydrogens (tertiary/aromatic N) is 2. The summed E-state index contributed by atoms with van der Waals surface area (Å²) in [4.78, 5) is 18.1. The Morgan fingerprint density at radius 2 is 1.91 bits per heavy atom. The smallest absolute Gasteiger partial charge is 0.318 e. The van der Waals surface area contributed by atoms with Crippen molar-refractivity contribution in [3.05, 3.63) is 65.5 Å². The van der Waals surface area contributed by atoms with Gasteiger partial charge in [0.1, 0.15) is 0 Å². The molecule has 0 saturated carbocycles. The zero-order valence-electron chi connectivity index (χ0n) is 12.7. The molecule has 0 aliphatic carbocycles. The number of unbranched alkanes of at least 4 members (excludes halogenated alkanes) is 1. The average Bonchev–Trinajstić information content (AvgIpc) is 2.99. The lowest BCUT2D eigenvalue weighted by Crippen LogP contribution is -2.36. The molecule has 1 aliphatic heterocycles. The summed E-state index contributed by atoms with van der Waals surface area (Å²) < 4.78 is 0. The average molecular weight is 295 g/mol. The van der Waals surface area contributed by atoms with Crippen molar-refractivity contribution in [3.8, 4) is 0 Å². The number of carbonyl (C=O) groups is 1. The van der Waals surface area contributed by atoms with Gasteiger partial charge >= 0.3 is 6.03 Å². The number of amides is 2. The Morgan fingerprint density at radius 3 is 2.73 bits per heavy atom. The molecule has 1 N–H and O–H groups in total. The molecule has 3 rings (SSSR count). The minimum atomic E-state index is 0.0240. The van der Waals surface area contributed by atoms with Crippen LogP contribution in [0.1, 0.15) is 29.5 Å². The molecule has 1 aromatic heterocycles. The number of rotatable bonds is 5. The van der Waals surface area contributed by atoms with E-state index in [9.17, 15) is 4.79 Å². The fraction of sp³-hybridized carbons (Fsp3) is 0.333. The quantitative estimate of drug-likeness (QED) is 0.861. The predicted octanol–water partition coefficient (Wildman–Crippen LogP) is 3.13. The third-order valence-corrected chi connectivity index (χ3v) is 4.03. The van der Waals surface area contributed by atoms with Crippen LogP contribution in [-0.4, -0.2) is 22.5 Å². The molecule has 0 atom stereocenters. The topological polar surface area (TPSA) is 45.2 Å². The van der Waals surface area contributed by atoms with Crippen LogP contribution in [0.15, 0.2) is 48.8 Å². The Bertz CT molecular complexity index is 602. The monoisotopic (exact) mass is 295 g/mol. The molecule has 0 spiro atoms. The van der Waals surface area contributed by atoms with Crippen molar-refractivity contribution in [2.45, 2.75) is 32.4 Å². The summed E-state index contributed by atoms with van der Waals surface area (Å²) in [5, 5.41) is 3.01. The van der Waals surface area contributed by atoms with Gasteiger partial charge in [0.2, 0.25) is 0 Å². The maximum absolute atomic E-state index is 12.1. The molecule has 4 heteroatoms. The lowest BCUT2D eigenvalue weighted by molar-refractivity contribution is 0.198. The van der Waals surface area contributed by atoms with E-state index in [0.29, 0.717) is 13.1 Å². The molecule has 1 aromatic carbocycles. The van der Waals surface area contributed by atoms with Crippen molar-refractivity contribution in [2.75, 3.05) is 6.54 Å². The van der Waals surface area contributed by atoms with E-state index in [1.165, 1.54) is 11.1 Å². The van der Waals surface area contributed by atoms with Gasteiger partial charge in [-0.25, -0.2) is 4.79 Å². The first kappa shape index (κ1) is 14.6. The molecule has 0 unspecified atom stereocenters. The van der Waals surface area contributed by atoms with Crippen LogP contribution in [0, 0.1) is 0 Å². The maximum Gasteiger partial charge on any atom is 0.318 e. The molecular formula is C18H21N3O. The van der Waals surface area contributed by atoms with Crippen LogP contribution in [0.3, 0.4) is 0 Å². The Labute approximate surface area is 131 Å². The maximum atomic E-state index is 12.1. The second-order valence-corrected chi connectivity index (χ2v) is 5.68. The van der Waals surface area contributed by atoms with Gasteiger partial charge in [0.05, 0.1) is 0 Å².